The second-order valence-electron chi connectivity index (χ2n) is 2.97. The fourth-order valence-corrected chi connectivity index (χ4v) is 1.16. The van der Waals surface area contributed by atoms with Gasteiger partial charge >= 0.3 is 0 Å². The van der Waals surface area contributed by atoms with Crippen molar-refractivity contribution in [2.24, 2.45) is 5.73 Å². The lowest BCUT2D eigenvalue weighted by Crippen LogP contribution is -2.51. The maximum absolute atomic E-state index is 9.48. The zero-order valence-electron chi connectivity index (χ0n) is 8.07. The van der Waals surface area contributed by atoms with Crippen molar-refractivity contribution in [1.82, 2.24) is 4.90 Å². The van der Waals surface area contributed by atoms with Crippen molar-refractivity contribution >= 4 is 0 Å². The van der Waals surface area contributed by atoms with Crippen LogP contribution >= 0.6 is 0 Å². The fraction of sp³-hybridized carbons (Fsp3) is 1.00. The Kier molecular flexibility index (Phi) is 5.41. The molecule has 0 bridgehead atoms. The summed E-state index contributed by atoms with van der Waals surface area (Å²) >= 11 is 0. The summed E-state index contributed by atoms with van der Waals surface area (Å²) in [6, 6.07) is 0. The predicted octanol–water partition coefficient (Wildman–Crippen LogP) is 0.0499. The van der Waals surface area contributed by atoms with E-state index in [1.165, 1.54) is 4.90 Å². The average molecular weight is 176 g/mol. The van der Waals surface area contributed by atoms with Crippen LogP contribution in [-0.4, -0.2) is 33.7 Å². The smallest absolute Gasteiger partial charge is 0.110 e. The van der Waals surface area contributed by atoms with E-state index in [2.05, 4.69) is 0 Å². The van der Waals surface area contributed by atoms with Crippen molar-refractivity contribution in [3.63, 3.8) is 0 Å². The minimum absolute atomic E-state index is 0.324. The van der Waals surface area contributed by atoms with Crippen LogP contribution in [0.15, 0.2) is 0 Å². The lowest BCUT2D eigenvalue weighted by atomic mass is 10.3. The van der Waals surface area contributed by atoms with Gasteiger partial charge in [0.15, 0.2) is 0 Å². The molecule has 0 saturated carbocycles. The van der Waals surface area contributed by atoms with E-state index in [1.54, 1.807) is 6.92 Å². The van der Waals surface area contributed by atoms with E-state index in [0.717, 1.165) is 0 Å². The standard InChI is InChI=1S/C8H20N2O2/c1-4-7(11)10(6(3)9)8(12)5-2/h6-8,11-12H,4-5,9H2,1-3H3. The van der Waals surface area contributed by atoms with Crippen molar-refractivity contribution in [2.75, 3.05) is 0 Å². The summed E-state index contributed by atoms with van der Waals surface area (Å²) in [7, 11) is 0. The third-order valence-corrected chi connectivity index (χ3v) is 1.89. The minimum atomic E-state index is -0.653. The lowest BCUT2D eigenvalue weighted by Gasteiger charge is -2.34. The maximum Gasteiger partial charge on any atom is 0.110 e. The fourth-order valence-electron chi connectivity index (χ4n) is 1.16. The highest BCUT2D eigenvalue weighted by Crippen LogP contribution is 2.09. The van der Waals surface area contributed by atoms with Crippen LogP contribution in [0.25, 0.3) is 0 Å². The van der Waals surface area contributed by atoms with Gasteiger partial charge in [-0.1, -0.05) is 13.8 Å². The van der Waals surface area contributed by atoms with E-state index in [1.807, 2.05) is 13.8 Å². The first-order valence-corrected chi connectivity index (χ1v) is 4.43. The molecule has 0 aliphatic heterocycles. The molecule has 0 aliphatic carbocycles. The molecule has 0 aromatic carbocycles. The quantitative estimate of drug-likeness (QED) is 0.518. The molecule has 0 amide bonds. The van der Waals surface area contributed by atoms with E-state index in [4.69, 9.17) is 5.73 Å². The Hall–Kier alpha value is -0.160. The molecule has 12 heavy (non-hydrogen) atoms. The summed E-state index contributed by atoms with van der Waals surface area (Å²) in [6.45, 7) is 5.45. The van der Waals surface area contributed by atoms with Gasteiger partial charge in [-0.2, -0.15) is 0 Å². The number of aliphatic hydroxyl groups excluding tert-OH is 2. The van der Waals surface area contributed by atoms with Crippen LogP contribution in [-0.2, 0) is 0 Å². The second kappa shape index (κ2) is 5.48. The van der Waals surface area contributed by atoms with Crippen molar-refractivity contribution in [3.05, 3.63) is 0 Å². The average Bonchev–Trinajstić information content (AvgIpc) is 2.03. The van der Waals surface area contributed by atoms with Crippen LogP contribution in [0.2, 0.25) is 0 Å². The minimum Gasteiger partial charge on any atom is -0.378 e. The molecule has 4 nitrogen and oxygen atoms in total. The van der Waals surface area contributed by atoms with Crippen LogP contribution in [0, 0.1) is 0 Å². The Morgan fingerprint density at radius 3 is 1.67 bits per heavy atom. The molecule has 0 aliphatic rings. The molecule has 0 aromatic heterocycles. The van der Waals surface area contributed by atoms with Gasteiger partial charge in [0.1, 0.15) is 12.5 Å². The van der Waals surface area contributed by atoms with Crippen molar-refractivity contribution in [1.29, 1.82) is 0 Å². The van der Waals surface area contributed by atoms with Crippen LogP contribution in [0.3, 0.4) is 0 Å². The highest BCUT2D eigenvalue weighted by Gasteiger charge is 2.23. The third kappa shape index (κ3) is 3.06. The van der Waals surface area contributed by atoms with Gasteiger partial charge in [0.05, 0.1) is 6.17 Å². The number of hydrogen-bond donors (Lipinski definition) is 3. The highest BCUT2D eigenvalue weighted by atomic mass is 16.3. The van der Waals surface area contributed by atoms with Crippen LogP contribution in [0.1, 0.15) is 33.6 Å². The molecule has 0 fully saturated rings. The van der Waals surface area contributed by atoms with Crippen LogP contribution < -0.4 is 5.73 Å². The van der Waals surface area contributed by atoms with E-state index in [-0.39, 0.29) is 6.17 Å². The number of aliphatic hydroxyl groups is 2. The molecular formula is C8H20N2O2. The zero-order chi connectivity index (χ0) is 9.72. The van der Waals surface area contributed by atoms with Crippen molar-refractivity contribution in [2.45, 2.75) is 52.2 Å². The van der Waals surface area contributed by atoms with Gasteiger partial charge < -0.3 is 15.9 Å². The monoisotopic (exact) mass is 176 g/mol. The Morgan fingerprint density at radius 2 is 1.50 bits per heavy atom. The Bertz CT molecular complexity index is 110. The SMILES string of the molecule is CCC(O)N(C(C)N)C(O)CC. The van der Waals surface area contributed by atoms with Crippen LogP contribution in [0.4, 0.5) is 0 Å². The molecule has 3 atom stereocenters. The first kappa shape index (κ1) is 11.8. The Balaban J connectivity index is 4.21. The largest absolute Gasteiger partial charge is 0.378 e. The number of hydrogen-bond acceptors (Lipinski definition) is 4. The topological polar surface area (TPSA) is 69.7 Å². The van der Waals surface area contributed by atoms with E-state index in [9.17, 15) is 10.2 Å². The summed E-state index contributed by atoms with van der Waals surface area (Å²) in [5.74, 6) is 0. The summed E-state index contributed by atoms with van der Waals surface area (Å²) < 4.78 is 0. The Morgan fingerprint density at radius 1 is 1.17 bits per heavy atom. The molecule has 74 valence electrons. The molecule has 0 aromatic rings. The van der Waals surface area contributed by atoms with E-state index in [0.29, 0.717) is 12.8 Å². The molecule has 3 unspecified atom stereocenters. The van der Waals surface area contributed by atoms with E-state index < -0.39 is 12.5 Å². The van der Waals surface area contributed by atoms with Gasteiger partial charge in [-0.25, -0.2) is 4.90 Å². The summed E-state index contributed by atoms with van der Waals surface area (Å²) in [5, 5.41) is 19.0. The van der Waals surface area contributed by atoms with Gasteiger partial charge in [-0.05, 0) is 19.8 Å². The first-order chi connectivity index (χ1) is 5.54. The van der Waals surface area contributed by atoms with Crippen molar-refractivity contribution in [3.8, 4) is 0 Å². The first-order valence-electron chi connectivity index (χ1n) is 4.43. The number of nitrogens with zero attached hydrogens (tertiary/aromatic N) is 1. The second-order valence-corrected chi connectivity index (χ2v) is 2.97. The summed E-state index contributed by atoms with van der Waals surface area (Å²) in [6.07, 6.45) is -0.494. The summed E-state index contributed by atoms with van der Waals surface area (Å²) in [5.41, 5.74) is 5.60. The lowest BCUT2D eigenvalue weighted by molar-refractivity contribution is -0.122. The molecule has 0 rings (SSSR count). The number of rotatable bonds is 5. The van der Waals surface area contributed by atoms with Crippen LogP contribution in [0.5, 0.6) is 0 Å². The predicted molar refractivity (Wildman–Crippen MR) is 48.1 cm³/mol. The molecular weight excluding hydrogens is 156 g/mol. The Labute approximate surface area is 74.0 Å². The van der Waals surface area contributed by atoms with Gasteiger partial charge in [0, 0.05) is 0 Å². The van der Waals surface area contributed by atoms with Gasteiger partial charge in [-0.15, -0.1) is 0 Å². The molecule has 0 saturated heterocycles. The molecule has 0 radical (unpaired) electrons. The molecule has 0 spiro atoms. The van der Waals surface area contributed by atoms with Gasteiger partial charge in [0.25, 0.3) is 0 Å². The third-order valence-electron chi connectivity index (χ3n) is 1.89. The summed E-state index contributed by atoms with van der Waals surface area (Å²) in [4.78, 5) is 1.50. The van der Waals surface area contributed by atoms with E-state index >= 15 is 0 Å². The number of nitrogens with two attached hydrogens (primary N) is 1. The molecule has 4 heteroatoms. The highest BCUT2D eigenvalue weighted by molar-refractivity contribution is 4.66. The maximum atomic E-state index is 9.48. The van der Waals surface area contributed by atoms with Gasteiger partial charge in [0.2, 0.25) is 0 Å². The zero-order valence-corrected chi connectivity index (χ0v) is 8.07. The molecule has 4 N–H and O–H groups in total. The molecule has 0 heterocycles. The van der Waals surface area contributed by atoms with Gasteiger partial charge in [-0.3, -0.25) is 0 Å². The normalized spacial score (nSPS) is 19.2. The van der Waals surface area contributed by atoms with Crippen molar-refractivity contribution < 1.29 is 10.2 Å².